The lowest BCUT2D eigenvalue weighted by molar-refractivity contribution is -0.166. The lowest BCUT2D eigenvalue weighted by atomic mass is 10.0. The molecule has 0 aromatic carbocycles. The van der Waals surface area contributed by atoms with E-state index < -0.39 is 12.1 Å². The highest BCUT2D eigenvalue weighted by Crippen LogP contribution is 2.16. The number of ether oxygens (including phenoxy) is 3. The zero-order chi connectivity index (χ0) is 57.1. The maximum atomic E-state index is 12.9. The molecule has 0 bridgehead atoms. The van der Waals surface area contributed by atoms with Crippen molar-refractivity contribution in [3.05, 3.63) is 122 Å². The van der Waals surface area contributed by atoms with E-state index >= 15 is 0 Å². The van der Waals surface area contributed by atoms with E-state index in [-0.39, 0.29) is 31.6 Å². The molecular formula is C73H122O6. The molecular weight excluding hydrogens is 973 g/mol. The molecule has 6 nitrogen and oxygen atoms in total. The monoisotopic (exact) mass is 1090 g/mol. The fraction of sp³-hybridized carbons (Fsp3) is 0.685. The summed E-state index contributed by atoms with van der Waals surface area (Å²) in [5.41, 5.74) is 0. The molecule has 0 radical (unpaired) electrons. The van der Waals surface area contributed by atoms with E-state index in [0.717, 1.165) is 96.3 Å². The van der Waals surface area contributed by atoms with E-state index in [1.54, 1.807) is 6.08 Å². The van der Waals surface area contributed by atoms with Crippen LogP contribution in [0.1, 0.15) is 303 Å². The zero-order valence-corrected chi connectivity index (χ0v) is 51.6. The van der Waals surface area contributed by atoms with Gasteiger partial charge in [0.1, 0.15) is 13.2 Å². The van der Waals surface area contributed by atoms with Gasteiger partial charge < -0.3 is 14.2 Å². The van der Waals surface area contributed by atoms with E-state index in [9.17, 15) is 14.4 Å². The largest absolute Gasteiger partial charge is 0.462 e. The number of unbranched alkanes of at least 4 members (excludes halogenated alkanes) is 29. The summed E-state index contributed by atoms with van der Waals surface area (Å²) in [7, 11) is 0. The van der Waals surface area contributed by atoms with E-state index in [2.05, 4.69) is 130 Å². The fourth-order valence-corrected chi connectivity index (χ4v) is 9.02. The molecule has 0 rings (SSSR count). The first kappa shape index (κ1) is 74.8. The summed E-state index contributed by atoms with van der Waals surface area (Å²) in [6.07, 6.45) is 92.3. The Morgan fingerprint density at radius 1 is 0.278 bits per heavy atom. The third kappa shape index (κ3) is 64.5. The standard InChI is InChI=1S/C73H122O6/c1-4-7-10-13-16-19-22-25-28-30-32-34-36-38-40-42-45-48-51-54-57-60-63-66-72(75)78-69-70(68-77-71(74)65-62-59-56-53-50-47-44-27-24-21-18-15-12-9-6-3)79-73(76)67-64-61-58-55-52-49-46-43-41-39-37-35-33-31-29-26-23-20-17-14-11-8-5-2/h9,12,18,21-23,25-27,30-33,36,38,44,50,53,59,62,70H,4-8,10-11,13-17,19-20,24,28-29,34-35,37,39-43,45-49,51-52,54-58,60-61,63-69H2,1-3H3/b12-9-,21-18-,25-22-,26-23-,32-30-,33-31-,38-36-,44-27-,53-50-,62-59-. The van der Waals surface area contributed by atoms with Crippen molar-refractivity contribution >= 4 is 17.9 Å². The second-order valence-electron chi connectivity index (χ2n) is 21.7. The molecule has 0 N–H and O–H groups in total. The Balaban J connectivity index is 4.44. The molecule has 0 fully saturated rings. The minimum absolute atomic E-state index is 0.114. The van der Waals surface area contributed by atoms with Crippen LogP contribution in [0.25, 0.3) is 0 Å². The summed E-state index contributed by atoms with van der Waals surface area (Å²) in [6, 6.07) is 0. The first-order chi connectivity index (χ1) is 39.0. The molecule has 1 atom stereocenters. The predicted molar refractivity (Wildman–Crippen MR) is 343 cm³/mol. The average molecular weight is 1100 g/mol. The van der Waals surface area contributed by atoms with Crippen molar-refractivity contribution in [1.82, 2.24) is 0 Å². The van der Waals surface area contributed by atoms with Gasteiger partial charge in [-0.25, -0.2) is 0 Å². The summed E-state index contributed by atoms with van der Waals surface area (Å²) >= 11 is 0. The molecule has 0 amide bonds. The number of carbonyl (C=O) groups is 3. The summed E-state index contributed by atoms with van der Waals surface area (Å²) in [6.45, 7) is 6.43. The molecule has 0 aliphatic rings. The van der Waals surface area contributed by atoms with Crippen molar-refractivity contribution in [2.45, 2.75) is 309 Å². The Morgan fingerprint density at radius 3 is 0.886 bits per heavy atom. The molecule has 1 unspecified atom stereocenters. The fourth-order valence-electron chi connectivity index (χ4n) is 9.02. The number of rotatable bonds is 59. The van der Waals surface area contributed by atoms with Crippen molar-refractivity contribution in [2.24, 2.45) is 0 Å². The van der Waals surface area contributed by atoms with Crippen LogP contribution in [-0.2, 0) is 28.6 Å². The second kappa shape index (κ2) is 66.3. The highest BCUT2D eigenvalue weighted by molar-refractivity contribution is 5.72. The molecule has 0 heterocycles. The molecule has 0 aromatic rings. The van der Waals surface area contributed by atoms with Crippen molar-refractivity contribution in [3.63, 3.8) is 0 Å². The highest BCUT2D eigenvalue weighted by atomic mass is 16.6. The van der Waals surface area contributed by atoms with E-state index in [0.29, 0.717) is 12.8 Å². The van der Waals surface area contributed by atoms with Gasteiger partial charge in [0.15, 0.2) is 6.10 Å². The van der Waals surface area contributed by atoms with Crippen LogP contribution in [0.3, 0.4) is 0 Å². The highest BCUT2D eigenvalue weighted by Gasteiger charge is 2.19. The number of carbonyl (C=O) groups excluding carboxylic acids is 3. The zero-order valence-electron chi connectivity index (χ0n) is 51.6. The Hall–Kier alpha value is -4.19. The minimum atomic E-state index is -0.827. The Labute approximate surface area is 488 Å². The van der Waals surface area contributed by atoms with Crippen LogP contribution in [0.5, 0.6) is 0 Å². The van der Waals surface area contributed by atoms with Gasteiger partial charge in [0.25, 0.3) is 0 Å². The smallest absolute Gasteiger partial charge is 0.309 e. The summed E-state index contributed by atoms with van der Waals surface area (Å²) < 4.78 is 16.8. The Bertz CT molecular complexity index is 1640. The van der Waals surface area contributed by atoms with Gasteiger partial charge in [-0.2, -0.15) is 0 Å². The lowest BCUT2D eigenvalue weighted by Gasteiger charge is -2.18. The van der Waals surface area contributed by atoms with Crippen molar-refractivity contribution < 1.29 is 28.6 Å². The molecule has 6 heteroatoms. The topological polar surface area (TPSA) is 78.9 Å². The summed E-state index contributed by atoms with van der Waals surface area (Å²) in [5.74, 6) is -1.05. The van der Waals surface area contributed by atoms with Crippen LogP contribution >= 0.6 is 0 Å². The molecule has 79 heavy (non-hydrogen) atoms. The number of hydrogen-bond acceptors (Lipinski definition) is 6. The SMILES string of the molecule is CC/C=C\C/C=C\C/C=C\C/C=C\C/C=C\CC(=O)OCC(COC(=O)CCCCCCCCCC/C=C\C/C=C\C/C=C\CCCCCCC)OC(=O)CCCCCCCCCCCCC/C=C\C/C=C\CCCCCCC. The van der Waals surface area contributed by atoms with Crippen LogP contribution in [-0.4, -0.2) is 37.2 Å². The molecule has 0 aromatic heterocycles. The summed E-state index contributed by atoms with van der Waals surface area (Å²) in [4.78, 5) is 38.3. The van der Waals surface area contributed by atoms with E-state index in [1.807, 2.05) is 6.08 Å². The van der Waals surface area contributed by atoms with Gasteiger partial charge >= 0.3 is 17.9 Å². The van der Waals surface area contributed by atoms with Gasteiger partial charge in [-0.1, -0.05) is 290 Å². The molecule has 450 valence electrons. The predicted octanol–water partition coefficient (Wildman–Crippen LogP) is 22.8. The van der Waals surface area contributed by atoms with Crippen LogP contribution in [0.4, 0.5) is 0 Å². The number of hydrogen-bond donors (Lipinski definition) is 0. The quantitative estimate of drug-likeness (QED) is 0.0261. The van der Waals surface area contributed by atoms with Crippen molar-refractivity contribution in [2.75, 3.05) is 13.2 Å². The molecule has 0 spiro atoms. The Morgan fingerprint density at radius 2 is 0.544 bits per heavy atom. The first-order valence-electron chi connectivity index (χ1n) is 33.0. The van der Waals surface area contributed by atoms with Crippen LogP contribution in [0, 0.1) is 0 Å². The van der Waals surface area contributed by atoms with E-state index in [1.165, 1.54) is 167 Å². The van der Waals surface area contributed by atoms with Gasteiger partial charge in [-0.3, -0.25) is 14.4 Å². The Kier molecular flexibility index (Phi) is 62.8. The van der Waals surface area contributed by atoms with Gasteiger partial charge in [-0.15, -0.1) is 0 Å². The third-order valence-electron chi connectivity index (χ3n) is 14.0. The third-order valence-corrected chi connectivity index (χ3v) is 14.0. The van der Waals surface area contributed by atoms with Gasteiger partial charge in [0.05, 0.1) is 6.42 Å². The lowest BCUT2D eigenvalue weighted by Crippen LogP contribution is -2.30. The first-order valence-corrected chi connectivity index (χ1v) is 33.0. The van der Waals surface area contributed by atoms with Gasteiger partial charge in [0, 0.05) is 12.8 Å². The van der Waals surface area contributed by atoms with Crippen LogP contribution in [0.2, 0.25) is 0 Å². The average Bonchev–Trinajstić information content (AvgIpc) is 3.45. The normalized spacial score (nSPS) is 12.9. The molecule has 0 aliphatic heterocycles. The number of esters is 3. The van der Waals surface area contributed by atoms with Gasteiger partial charge in [-0.05, 0) is 116 Å². The van der Waals surface area contributed by atoms with E-state index in [4.69, 9.17) is 14.2 Å². The van der Waals surface area contributed by atoms with Crippen molar-refractivity contribution in [1.29, 1.82) is 0 Å². The van der Waals surface area contributed by atoms with Crippen LogP contribution in [0.15, 0.2) is 122 Å². The molecule has 0 saturated heterocycles. The molecule has 0 saturated carbocycles. The van der Waals surface area contributed by atoms with Gasteiger partial charge in [0.2, 0.25) is 0 Å². The van der Waals surface area contributed by atoms with Crippen LogP contribution < -0.4 is 0 Å². The second-order valence-corrected chi connectivity index (χ2v) is 21.7. The maximum Gasteiger partial charge on any atom is 0.309 e. The number of allylic oxidation sites excluding steroid dienone is 19. The summed E-state index contributed by atoms with van der Waals surface area (Å²) in [5, 5.41) is 0. The maximum absolute atomic E-state index is 12.9. The van der Waals surface area contributed by atoms with Crippen molar-refractivity contribution in [3.8, 4) is 0 Å². The molecule has 0 aliphatic carbocycles. The minimum Gasteiger partial charge on any atom is -0.462 e.